The van der Waals surface area contributed by atoms with Crippen molar-refractivity contribution in [2.24, 2.45) is 5.73 Å². The highest BCUT2D eigenvalue weighted by Crippen LogP contribution is 2.17. The van der Waals surface area contributed by atoms with Crippen molar-refractivity contribution >= 4 is 0 Å². The van der Waals surface area contributed by atoms with E-state index in [2.05, 4.69) is 23.9 Å². The fourth-order valence-electron chi connectivity index (χ4n) is 2.32. The van der Waals surface area contributed by atoms with E-state index in [-0.39, 0.29) is 18.7 Å². The van der Waals surface area contributed by atoms with E-state index in [9.17, 15) is 5.11 Å². The number of aliphatic hydroxyl groups is 1. The van der Waals surface area contributed by atoms with Crippen molar-refractivity contribution < 1.29 is 5.11 Å². The molecule has 0 aromatic heterocycles. The summed E-state index contributed by atoms with van der Waals surface area (Å²) >= 11 is 0. The summed E-state index contributed by atoms with van der Waals surface area (Å²) in [7, 11) is 4.24. The highest BCUT2D eigenvalue weighted by Gasteiger charge is 2.28. The Bertz CT molecular complexity index is 185. The van der Waals surface area contributed by atoms with Gasteiger partial charge in [-0.2, -0.15) is 0 Å². The molecule has 0 aromatic carbocycles. The van der Waals surface area contributed by atoms with Crippen LogP contribution in [0.5, 0.6) is 0 Å². The average Bonchev–Trinajstić information content (AvgIpc) is 2.18. The number of nitrogens with zero attached hydrogens (tertiary/aromatic N) is 2. The number of piperidine rings is 1. The van der Waals surface area contributed by atoms with Gasteiger partial charge in [0.1, 0.15) is 0 Å². The van der Waals surface area contributed by atoms with Gasteiger partial charge >= 0.3 is 0 Å². The zero-order valence-corrected chi connectivity index (χ0v) is 10.2. The van der Waals surface area contributed by atoms with Crippen molar-refractivity contribution in [1.82, 2.24) is 9.80 Å². The topological polar surface area (TPSA) is 52.7 Å². The molecule has 15 heavy (non-hydrogen) atoms. The van der Waals surface area contributed by atoms with E-state index in [4.69, 9.17) is 5.73 Å². The molecule has 1 saturated heterocycles. The second-order valence-electron chi connectivity index (χ2n) is 4.86. The first-order valence-corrected chi connectivity index (χ1v) is 5.83. The average molecular weight is 215 g/mol. The molecule has 0 spiro atoms. The SMILES string of the molecule is CC(N)C(CO)N1CCCC(N(C)C)C1. The van der Waals surface area contributed by atoms with Gasteiger partial charge in [0, 0.05) is 24.7 Å². The molecule has 1 heterocycles. The quantitative estimate of drug-likeness (QED) is 0.677. The fraction of sp³-hybridized carbons (Fsp3) is 1.00. The molecule has 0 aromatic rings. The Morgan fingerprint density at radius 3 is 2.67 bits per heavy atom. The van der Waals surface area contributed by atoms with Crippen molar-refractivity contribution in [2.75, 3.05) is 33.8 Å². The summed E-state index contributed by atoms with van der Waals surface area (Å²) in [6.45, 7) is 4.23. The minimum absolute atomic E-state index is 0.0379. The predicted molar refractivity (Wildman–Crippen MR) is 62.8 cm³/mol. The molecule has 1 aliphatic heterocycles. The number of hydrogen-bond donors (Lipinski definition) is 2. The lowest BCUT2D eigenvalue weighted by Gasteiger charge is -2.41. The van der Waals surface area contributed by atoms with Crippen molar-refractivity contribution in [3.63, 3.8) is 0 Å². The molecule has 4 nitrogen and oxygen atoms in total. The van der Waals surface area contributed by atoms with E-state index < -0.39 is 0 Å². The maximum Gasteiger partial charge on any atom is 0.0601 e. The van der Waals surface area contributed by atoms with Crippen LogP contribution in [0.4, 0.5) is 0 Å². The molecule has 1 fully saturated rings. The van der Waals surface area contributed by atoms with E-state index in [1.807, 2.05) is 6.92 Å². The number of aliphatic hydroxyl groups excluding tert-OH is 1. The molecule has 0 aliphatic carbocycles. The Morgan fingerprint density at radius 2 is 2.20 bits per heavy atom. The third kappa shape index (κ3) is 3.41. The molecule has 3 N–H and O–H groups in total. The molecule has 4 heteroatoms. The van der Waals surface area contributed by atoms with Crippen molar-refractivity contribution in [3.05, 3.63) is 0 Å². The Kier molecular flexibility index (Phi) is 4.99. The van der Waals surface area contributed by atoms with Crippen LogP contribution in [0.15, 0.2) is 0 Å². The highest BCUT2D eigenvalue weighted by atomic mass is 16.3. The highest BCUT2D eigenvalue weighted by molar-refractivity contribution is 4.85. The van der Waals surface area contributed by atoms with Gasteiger partial charge in [0.2, 0.25) is 0 Å². The van der Waals surface area contributed by atoms with E-state index in [1.165, 1.54) is 12.8 Å². The van der Waals surface area contributed by atoms with Crippen LogP contribution < -0.4 is 5.73 Å². The molecule has 0 radical (unpaired) electrons. The number of likely N-dealkylation sites (N-methyl/N-ethyl adjacent to an activating group) is 1. The Morgan fingerprint density at radius 1 is 1.53 bits per heavy atom. The van der Waals surface area contributed by atoms with Crippen LogP contribution in [0, 0.1) is 0 Å². The summed E-state index contributed by atoms with van der Waals surface area (Å²) in [5.74, 6) is 0. The van der Waals surface area contributed by atoms with Crippen LogP contribution in [0.3, 0.4) is 0 Å². The largest absolute Gasteiger partial charge is 0.395 e. The lowest BCUT2D eigenvalue weighted by Crippen LogP contribution is -2.55. The lowest BCUT2D eigenvalue weighted by molar-refractivity contribution is 0.0554. The van der Waals surface area contributed by atoms with Gasteiger partial charge < -0.3 is 15.7 Å². The van der Waals surface area contributed by atoms with Crippen LogP contribution in [-0.2, 0) is 0 Å². The third-order valence-electron chi connectivity index (χ3n) is 3.42. The van der Waals surface area contributed by atoms with Crippen molar-refractivity contribution in [2.45, 2.75) is 37.9 Å². The van der Waals surface area contributed by atoms with E-state index >= 15 is 0 Å². The van der Waals surface area contributed by atoms with Gasteiger partial charge in [-0.25, -0.2) is 0 Å². The monoisotopic (exact) mass is 215 g/mol. The van der Waals surface area contributed by atoms with Gasteiger partial charge in [0.25, 0.3) is 0 Å². The summed E-state index contributed by atoms with van der Waals surface area (Å²) in [5.41, 5.74) is 5.88. The maximum absolute atomic E-state index is 9.34. The molecule has 3 atom stereocenters. The second-order valence-corrected chi connectivity index (χ2v) is 4.86. The van der Waals surface area contributed by atoms with Gasteiger partial charge in [-0.15, -0.1) is 0 Å². The maximum atomic E-state index is 9.34. The third-order valence-corrected chi connectivity index (χ3v) is 3.42. The van der Waals surface area contributed by atoms with Crippen LogP contribution >= 0.6 is 0 Å². The Balaban J connectivity index is 2.54. The summed E-state index contributed by atoms with van der Waals surface area (Å²) in [6.07, 6.45) is 2.45. The molecule has 1 aliphatic rings. The lowest BCUT2D eigenvalue weighted by atomic mass is 10.0. The van der Waals surface area contributed by atoms with Gasteiger partial charge in [-0.3, -0.25) is 4.90 Å². The summed E-state index contributed by atoms with van der Waals surface area (Å²) in [6, 6.07) is 0.759. The van der Waals surface area contributed by atoms with Crippen LogP contribution in [-0.4, -0.2) is 66.8 Å². The molecular weight excluding hydrogens is 190 g/mol. The summed E-state index contributed by atoms with van der Waals surface area (Å²) < 4.78 is 0. The zero-order valence-electron chi connectivity index (χ0n) is 10.2. The first-order chi connectivity index (χ1) is 7.06. The molecule has 1 rings (SSSR count). The zero-order chi connectivity index (χ0) is 11.4. The molecule has 90 valence electrons. The minimum atomic E-state index is 0.0379. The fourth-order valence-corrected chi connectivity index (χ4v) is 2.32. The van der Waals surface area contributed by atoms with Crippen molar-refractivity contribution in [3.8, 4) is 0 Å². The minimum Gasteiger partial charge on any atom is -0.395 e. The van der Waals surface area contributed by atoms with Gasteiger partial charge in [0.15, 0.2) is 0 Å². The van der Waals surface area contributed by atoms with Crippen LogP contribution in [0.2, 0.25) is 0 Å². The molecule has 0 amide bonds. The summed E-state index contributed by atoms with van der Waals surface area (Å²) in [4.78, 5) is 4.60. The number of likely N-dealkylation sites (tertiary alicyclic amines) is 1. The predicted octanol–water partition coefficient (Wildman–Crippen LogP) is -0.279. The standard InChI is InChI=1S/C11H25N3O/c1-9(12)11(8-15)14-6-4-5-10(7-14)13(2)3/h9-11,15H,4-8,12H2,1-3H3. The van der Waals surface area contributed by atoms with Gasteiger partial charge in [0.05, 0.1) is 6.61 Å². The first-order valence-electron chi connectivity index (χ1n) is 5.83. The van der Waals surface area contributed by atoms with Gasteiger partial charge in [-0.1, -0.05) is 0 Å². The van der Waals surface area contributed by atoms with Crippen molar-refractivity contribution in [1.29, 1.82) is 0 Å². The van der Waals surface area contributed by atoms with E-state index in [0.717, 1.165) is 13.1 Å². The van der Waals surface area contributed by atoms with Gasteiger partial charge in [-0.05, 0) is 40.4 Å². The molecule has 3 unspecified atom stereocenters. The number of nitrogens with two attached hydrogens (primary N) is 1. The second kappa shape index (κ2) is 5.80. The van der Waals surface area contributed by atoms with E-state index in [0.29, 0.717) is 6.04 Å². The normalized spacial score (nSPS) is 28.0. The summed E-state index contributed by atoms with van der Waals surface area (Å²) in [5, 5.41) is 9.34. The van der Waals surface area contributed by atoms with E-state index in [1.54, 1.807) is 0 Å². The van der Waals surface area contributed by atoms with Crippen LogP contribution in [0.1, 0.15) is 19.8 Å². The number of rotatable bonds is 4. The Hall–Kier alpha value is -0.160. The molecular formula is C11H25N3O. The first kappa shape index (κ1) is 12.9. The number of hydrogen-bond acceptors (Lipinski definition) is 4. The van der Waals surface area contributed by atoms with Crippen LogP contribution in [0.25, 0.3) is 0 Å². The molecule has 0 saturated carbocycles. The Labute approximate surface area is 93.0 Å². The molecule has 0 bridgehead atoms. The smallest absolute Gasteiger partial charge is 0.0601 e.